The normalized spacial score (nSPS) is 21.6. The lowest BCUT2D eigenvalue weighted by Gasteiger charge is -2.43. The molecule has 1 aliphatic heterocycles. The number of aliphatic imine (C=N–C) groups is 1. The summed E-state index contributed by atoms with van der Waals surface area (Å²) in [6, 6.07) is 9.76. The van der Waals surface area contributed by atoms with Crippen LogP contribution in [0.15, 0.2) is 35.5 Å². The highest BCUT2D eigenvalue weighted by molar-refractivity contribution is 5.85. The first-order valence-electron chi connectivity index (χ1n) is 12.9. The van der Waals surface area contributed by atoms with Crippen molar-refractivity contribution >= 4 is 12.2 Å². The van der Waals surface area contributed by atoms with Gasteiger partial charge in [0, 0.05) is 55.7 Å². The van der Waals surface area contributed by atoms with E-state index in [1.807, 2.05) is 18.5 Å². The number of fused-ring (bicyclic) bond motifs is 1. The molecule has 0 atom stereocenters. The zero-order valence-corrected chi connectivity index (χ0v) is 21.5. The van der Waals surface area contributed by atoms with Crippen LogP contribution >= 0.6 is 0 Å². The van der Waals surface area contributed by atoms with Gasteiger partial charge in [-0.15, -0.1) is 0 Å². The summed E-state index contributed by atoms with van der Waals surface area (Å²) < 4.78 is 5.15. The molecule has 2 N–H and O–H groups in total. The van der Waals surface area contributed by atoms with Crippen molar-refractivity contribution < 1.29 is 4.74 Å². The number of aromatic nitrogens is 2. The SMILES string of the molecule is COCCNC1CCC(Nc2nccc(-c3ccc4c(c3)C(C(C)C)(C(C)C)CN=C4)n2)CC1. The van der Waals surface area contributed by atoms with Gasteiger partial charge in [0.1, 0.15) is 0 Å². The van der Waals surface area contributed by atoms with E-state index in [0.29, 0.717) is 23.9 Å². The van der Waals surface area contributed by atoms with Crippen molar-refractivity contribution in [3.05, 3.63) is 41.6 Å². The molecule has 0 saturated heterocycles. The Bertz CT molecular complexity index is 971. The monoisotopic (exact) mass is 463 g/mol. The summed E-state index contributed by atoms with van der Waals surface area (Å²) in [5.41, 5.74) is 4.80. The number of anilines is 1. The third-order valence-corrected chi connectivity index (χ3v) is 7.95. The molecule has 1 saturated carbocycles. The summed E-state index contributed by atoms with van der Waals surface area (Å²) in [4.78, 5) is 14.2. The molecule has 4 rings (SSSR count). The number of benzene rings is 1. The minimum atomic E-state index is 0.0458. The minimum Gasteiger partial charge on any atom is -0.383 e. The molecule has 2 heterocycles. The second-order valence-corrected chi connectivity index (χ2v) is 10.5. The van der Waals surface area contributed by atoms with Gasteiger partial charge in [0.2, 0.25) is 5.95 Å². The molecule has 2 aromatic rings. The first-order chi connectivity index (χ1) is 16.4. The van der Waals surface area contributed by atoms with Gasteiger partial charge in [0.05, 0.1) is 12.3 Å². The van der Waals surface area contributed by atoms with Gasteiger partial charge in [-0.05, 0) is 60.8 Å². The van der Waals surface area contributed by atoms with E-state index in [2.05, 4.69) is 61.5 Å². The van der Waals surface area contributed by atoms with Crippen LogP contribution in [0.4, 0.5) is 5.95 Å². The van der Waals surface area contributed by atoms with Crippen LogP contribution in [0.5, 0.6) is 0 Å². The predicted molar refractivity (Wildman–Crippen MR) is 141 cm³/mol. The predicted octanol–water partition coefficient (Wildman–Crippen LogP) is 5.09. The maximum atomic E-state index is 5.15. The molecule has 6 nitrogen and oxygen atoms in total. The number of hydrogen-bond donors (Lipinski definition) is 2. The van der Waals surface area contributed by atoms with Crippen molar-refractivity contribution in [2.45, 2.75) is 70.9 Å². The van der Waals surface area contributed by atoms with Crippen LogP contribution in [0.1, 0.15) is 64.5 Å². The first-order valence-corrected chi connectivity index (χ1v) is 12.9. The van der Waals surface area contributed by atoms with Gasteiger partial charge in [-0.1, -0.05) is 39.8 Å². The van der Waals surface area contributed by atoms with Crippen LogP contribution in [0.2, 0.25) is 0 Å². The van der Waals surface area contributed by atoms with Gasteiger partial charge in [-0.25, -0.2) is 9.97 Å². The Hall–Kier alpha value is -2.31. The maximum Gasteiger partial charge on any atom is 0.223 e. The van der Waals surface area contributed by atoms with Crippen LogP contribution in [-0.2, 0) is 10.2 Å². The van der Waals surface area contributed by atoms with Crippen LogP contribution in [-0.4, -0.2) is 55.1 Å². The highest BCUT2D eigenvalue weighted by atomic mass is 16.5. The average Bonchev–Trinajstić information content (AvgIpc) is 2.84. The summed E-state index contributed by atoms with van der Waals surface area (Å²) in [7, 11) is 1.75. The van der Waals surface area contributed by atoms with Gasteiger partial charge in [-0.2, -0.15) is 0 Å². The molecule has 1 aromatic heterocycles. The third kappa shape index (κ3) is 5.18. The fourth-order valence-electron chi connectivity index (χ4n) is 5.84. The van der Waals surface area contributed by atoms with E-state index in [1.165, 1.54) is 24.0 Å². The molecule has 0 amide bonds. The molecule has 0 spiro atoms. The number of methoxy groups -OCH3 is 1. The number of rotatable bonds is 9. The van der Waals surface area contributed by atoms with Crippen LogP contribution < -0.4 is 10.6 Å². The van der Waals surface area contributed by atoms with E-state index >= 15 is 0 Å². The summed E-state index contributed by atoms with van der Waals surface area (Å²) in [6.07, 6.45) is 8.50. The van der Waals surface area contributed by atoms with Crippen LogP contribution in [0, 0.1) is 11.8 Å². The van der Waals surface area contributed by atoms with E-state index < -0.39 is 0 Å². The lowest BCUT2D eigenvalue weighted by atomic mass is 9.62. The van der Waals surface area contributed by atoms with E-state index in [9.17, 15) is 0 Å². The molecule has 2 aliphatic rings. The smallest absolute Gasteiger partial charge is 0.223 e. The molecule has 0 bridgehead atoms. The quantitative estimate of drug-likeness (QED) is 0.507. The Morgan fingerprint density at radius 1 is 1.03 bits per heavy atom. The van der Waals surface area contributed by atoms with Crippen molar-refractivity contribution in [2.24, 2.45) is 16.8 Å². The van der Waals surface area contributed by atoms with E-state index in [1.54, 1.807) is 7.11 Å². The fraction of sp³-hybridized carbons (Fsp3) is 0.607. The van der Waals surface area contributed by atoms with Crippen molar-refractivity contribution in [1.82, 2.24) is 15.3 Å². The third-order valence-electron chi connectivity index (χ3n) is 7.95. The van der Waals surface area contributed by atoms with E-state index in [4.69, 9.17) is 14.7 Å². The zero-order chi connectivity index (χ0) is 24.1. The topological polar surface area (TPSA) is 71.4 Å². The van der Waals surface area contributed by atoms with Crippen molar-refractivity contribution in [1.29, 1.82) is 0 Å². The molecule has 0 unspecified atom stereocenters. The Kier molecular flexibility index (Phi) is 7.99. The Morgan fingerprint density at radius 2 is 1.76 bits per heavy atom. The Morgan fingerprint density at radius 3 is 2.47 bits per heavy atom. The van der Waals surface area contributed by atoms with Gasteiger partial charge in [-0.3, -0.25) is 4.99 Å². The molecule has 34 heavy (non-hydrogen) atoms. The first kappa shape index (κ1) is 24.8. The molecule has 184 valence electrons. The van der Waals surface area contributed by atoms with Crippen LogP contribution in [0.3, 0.4) is 0 Å². The number of nitrogens with zero attached hydrogens (tertiary/aromatic N) is 3. The number of ether oxygens (including phenoxy) is 1. The van der Waals surface area contributed by atoms with Crippen LogP contribution in [0.25, 0.3) is 11.3 Å². The van der Waals surface area contributed by atoms with Crippen molar-refractivity contribution in [2.75, 3.05) is 32.1 Å². The van der Waals surface area contributed by atoms with Crippen molar-refractivity contribution in [3.63, 3.8) is 0 Å². The maximum absolute atomic E-state index is 5.15. The number of nitrogens with one attached hydrogen (secondary N) is 2. The molecule has 1 aromatic carbocycles. The number of hydrogen-bond acceptors (Lipinski definition) is 6. The minimum absolute atomic E-state index is 0.0458. The van der Waals surface area contributed by atoms with E-state index in [0.717, 1.165) is 49.7 Å². The van der Waals surface area contributed by atoms with Gasteiger partial charge in [0.25, 0.3) is 0 Å². The standard InChI is InChI=1S/C28H41N5O/c1-19(2)28(20(3)4)18-29-17-22-7-6-21(16-25(22)28)26-12-13-31-27(33-26)32-24-10-8-23(9-11-24)30-14-15-34-5/h6-7,12-13,16-17,19-20,23-24,30H,8-11,14-15,18H2,1-5H3,(H,31,32,33). The van der Waals surface area contributed by atoms with Gasteiger partial charge in [0.15, 0.2) is 0 Å². The largest absolute Gasteiger partial charge is 0.383 e. The average molecular weight is 464 g/mol. The van der Waals surface area contributed by atoms with E-state index in [-0.39, 0.29) is 5.41 Å². The summed E-state index contributed by atoms with van der Waals surface area (Å²) in [6.45, 7) is 11.8. The highest BCUT2D eigenvalue weighted by Gasteiger charge is 2.41. The van der Waals surface area contributed by atoms with Gasteiger partial charge < -0.3 is 15.4 Å². The summed E-state index contributed by atoms with van der Waals surface area (Å²) >= 11 is 0. The summed E-state index contributed by atoms with van der Waals surface area (Å²) in [5.74, 6) is 1.73. The lowest BCUT2D eigenvalue weighted by Crippen LogP contribution is -2.43. The zero-order valence-electron chi connectivity index (χ0n) is 21.5. The molecule has 6 heteroatoms. The van der Waals surface area contributed by atoms with Crippen molar-refractivity contribution in [3.8, 4) is 11.3 Å². The van der Waals surface area contributed by atoms with Gasteiger partial charge >= 0.3 is 0 Å². The molecule has 0 radical (unpaired) electrons. The fourth-order valence-corrected chi connectivity index (χ4v) is 5.84. The lowest BCUT2D eigenvalue weighted by molar-refractivity contribution is 0.191. The summed E-state index contributed by atoms with van der Waals surface area (Å²) in [5, 5.41) is 7.19. The second-order valence-electron chi connectivity index (χ2n) is 10.5. The molecular weight excluding hydrogens is 422 g/mol. The highest BCUT2D eigenvalue weighted by Crippen LogP contribution is 2.44. The Balaban J connectivity index is 1.49. The Labute approximate surface area is 205 Å². The molecule has 1 fully saturated rings. The molecular formula is C28H41N5O. The molecule has 1 aliphatic carbocycles. The second kappa shape index (κ2) is 11.0.